The molecule has 2 aromatic rings. The maximum absolute atomic E-state index is 5.43. The molecule has 2 aromatic heterocycles. The Hall–Kier alpha value is -2.20. The summed E-state index contributed by atoms with van der Waals surface area (Å²) in [5.74, 6) is 2.67. The standard InChI is InChI=1S/C13H19N7/c1-4-7-18(8-12-10-19(5-2)16-14-12)9-13-11-20(6-3)17-15-13/h1,10-11H,5-9H2,2-3H3. The van der Waals surface area contributed by atoms with Crippen molar-refractivity contribution in [3.05, 3.63) is 23.8 Å². The van der Waals surface area contributed by atoms with Gasteiger partial charge in [-0.15, -0.1) is 16.6 Å². The average Bonchev–Trinajstić information content (AvgIpc) is 3.08. The van der Waals surface area contributed by atoms with Gasteiger partial charge in [-0.3, -0.25) is 14.3 Å². The van der Waals surface area contributed by atoms with Crippen LogP contribution in [0, 0.1) is 12.3 Å². The molecule has 2 rings (SSSR count). The van der Waals surface area contributed by atoms with E-state index in [4.69, 9.17) is 6.42 Å². The summed E-state index contributed by atoms with van der Waals surface area (Å²) in [5, 5.41) is 16.3. The molecule has 0 bridgehead atoms. The molecule has 0 fully saturated rings. The largest absolute Gasteiger partial charge is 0.280 e. The zero-order chi connectivity index (χ0) is 14.4. The maximum atomic E-state index is 5.43. The highest BCUT2D eigenvalue weighted by Crippen LogP contribution is 2.05. The van der Waals surface area contributed by atoms with Crippen LogP contribution >= 0.6 is 0 Å². The fourth-order valence-electron chi connectivity index (χ4n) is 1.89. The van der Waals surface area contributed by atoms with Crippen molar-refractivity contribution in [1.29, 1.82) is 0 Å². The van der Waals surface area contributed by atoms with Crippen molar-refractivity contribution in [2.45, 2.75) is 40.0 Å². The number of aryl methyl sites for hydroxylation is 2. The van der Waals surface area contributed by atoms with Crippen LogP contribution in [-0.2, 0) is 26.2 Å². The molecule has 7 nitrogen and oxygen atoms in total. The van der Waals surface area contributed by atoms with E-state index in [9.17, 15) is 0 Å². The van der Waals surface area contributed by atoms with E-state index in [2.05, 4.69) is 31.4 Å². The van der Waals surface area contributed by atoms with Gasteiger partial charge < -0.3 is 0 Å². The highest BCUT2D eigenvalue weighted by molar-refractivity contribution is 4.99. The minimum atomic E-state index is 0.540. The van der Waals surface area contributed by atoms with Gasteiger partial charge in [0.2, 0.25) is 0 Å². The highest BCUT2D eigenvalue weighted by Gasteiger charge is 2.11. The Bertz CT molecular complexity index is 533. The van der Waals surface area contributed by atoms with E-state index in [1.807, 2.05) is 26.2 Å². The average molecular weight is 273 g/mol. The molecule has 0 aliphatic rings. The number of hydrogen-bond donors (Lipinski definition) is 0. The summed E-state index contributed by atoms with van der Waals surface area (Å²) in [6.07, 6.45) is 9.30. The lowest BCUT2D eigenvalue weighted by Gasteiger charge is -2.16. The molecule has 0 radical (unpaired) electrons. The van der Waals surface area contributed by atoms with Crippen LogP contribution in [0.5, 0.6) is 0 Å². The molecule has 0 unspecified atom stereocenters. The van der Waals surface area contributed by atoms with Crippen LogP contribution in [0.15, 0.2) is 12.4 Å². The number of terminal acetylenes is 1. The Morgan fingerprint density at radius 2 is 1.55 bits per heavy atom. The highest BCUT2D eigenvalue weighted by atomic mass is 15.4. The van der Waals surface area contributed by atoms with Gasteiger partial charge >= 0.3 is 0 Å². The number of nitrogens with zero attached hydrogens (tertiary/aromatic N) is 7. The molecule has 0 aromatic carbocycles. The van der Waals surface area contributed by atoms with E-state index in [-0.39, 0.29) is 0 Å². The lowest BCUT2D eigenvalue weighted by molar-refractivity contribution is 0.283. The summed E-state index contributed by atoms with van der Waals surface area (Å²) in [6, 6.07) is 0. The Balaban J connectivity index is 2.01. The molecule has 106 valence electrons. The predicted molar refractivity (Wildman–Crippen MR) is 74.3 cm³/mol. The minimum Gasteiger partial charge on any atom is -0.280 e. The van der Waals surface area contributed by atoms with E-state index < -0.39 is 0 Å². The van der Waals surface area contributed by atoms with Gasteiger partial charge in [0.05, 0.1) is 17.9 Å². The molecule has 0 aliphatic heterocycles. The summed E-state index contributed by atoms with van der Waals surface area (Å²) in [5.41, 5.74) is 1.81. The summed E-state index contributed by atoms with van der Waals surface area (Å²) in [6.45, 7) is 7.53. The molecule has 0 aliphatic carbocycles. The first-order valence-electron chi connectivity index (χ1n) is 6.69. The first-order chi connectivity index (χ1) is 9.75. The first-order valence-corrected chi connectivity index (χ1v) is 6.69. The molecular formula is C13H19N7. The summed E-state index contributed by atoms with van der Waals surface area (Å²) in [4.78, 5) is 2.09. The molecular weight excluding hydrogens is 254 g/mol. The van der Waals surface area contributed by atoms with Crippen LogP contribution in [0.2, 0.25) is 0 Å². The van der Waals surface area contributed by atoms with Gasteiger partial charge in [0.25, 0.3) is 0 Å². The van der Waals surface area contributed by atoms with Gasteiger partial charge in [-0.05, 0) is 13.8 Å². The van der Waals surface area contributed by atoms with Crippen molar-refractivity contribution >= 4 is 0 Å². The van der Waals surface area contributed by atoms with Gasteiger partial charge in [-0.25, -0.2) is 0 Å². The fraction of sp³-hybridized carbons (Fsp3) is 0.538. The van der Waals surface area contributed by atoms with E-state index in [0.29, 0.717) is 19.6 Å². The third kappa shape index (κ3) is 3.65. The van der Waals surface area contributed by atoms with Crippen molar-refractivity contribution in [2.75, 3.05) is 6.54 Å². The van der Waals surface area contributed by atoms with Gasteiger partial charge in [0, 0.05) is 38.6 Å². The second-order valence-corrected chi connectivity index (χ2v) is 4.48. The summed E-state index contributed by atoms with van der Waals surface area (Å²) in [7, 11) is 0. The predicted octanol–water partition coefficient (Wildman–Crippen LogP) is 0.545. The molecule has 0 amide bonds. The van der Waals surface area contributed by atoms with Crippen LogP contribution in [0.1, 0.15) is 25.2 Å². The Kier molecular flexibility index (Phi) is 4.85. The molecule has 0 saturated carbocycles. The lowest BCUT2D eigenvalue weighted by Crippen LogP contribution is -2.23. The van der Waals surface area contributed by atoms with Crippen molar-refractivity contribution in [2.24, 2.45) is 0 Å². The van der Waals surface area contributed by atoms with Crippen LogP contribution in [-0.4, -0.2) is 41.4 Å². The zero-order valence-corrected chi connectivity index (χ0v) is 11.9. The van der Waals surface area contributed by atoms with E-state index in [0.717, 1.165) is 24.5 Å². The monoisotopic (exact) mass is 273 g/mol. The van der Waals surface area contributed by atoms with Crippen LogP contribution < -0.4 is 0 Å². The van der Waals surface area contributed by atoms with Crippen molar-refractivity contribution < 1.29 is 0 Å². The summed E-state index contributed by atoms with van der Waals surface area (Å²) >= 11 is 0. The molecule has 7 heteroatoms. The first kappa shape index (κ1) is 14.2. The quantitative estimate of drug-likeness (QED) is 0.689. The molecule has 20 heavy (non-hydrogen) atoms. The molecule has 0 N–H and O–H groups in total. The van der Waals surface area contributed by atoms with E-state index in [1.165, 1.54) is 0 Å². The van der Waals surface area contributed by atoms with Crippen molar-refractivity contribution in [1.82, 2.24) is 34.9 Å². The second-order valence-electron chi connectivity index (χ2n) is 4.48. The smallest absolute Gasteiger partial charge is 0.0967 e. The van der Waals surface area contributed by atoms with Gasteiger partial charge in [-0.1, -0.05) is 16.3 Å². The van der Waals surface area contributed by atoms with Crippen LogP contribution in [0.3, 0.4) is 0 Å². The van der Waals surface area contributed by atoms with Gasteiger partial charge in [0.1, 0.15) is 0 Å². The van der Waals surface area contributed by atoms with Crippen LogP contribution in [0.4, 0.5) is 0 Å². The van der Waals surface area contributed by atoms with Crippen LogP contribution in [0.25, 0.3) is 0 Å². The number of rotatable bonds is 7. The SMILES string of the molecule is C#CCN(Cc1cn(CC)nn1)Cc1cn(CC)nn1. The summed E-state index contributed by atoms with van der Waals surface area (Å²) < 4.78 is 3.60. The molecule has 0 atom stereocenters. The maximum Gasteiger partial charge on any atom is 0.0967 e. The van der Waals surface area contributed by atoms with Crippen molar-refractivity contribution in [3.8, 4) is 12.3 Å². The molecule has 0 spiro atoms. The number of aromatic nitrogens is 6. The minimum absolute atomic E-state index is 0.540. The van der Waals surface area contributed by atoms with Crippen molar-refractivity contribution in [3.63, 3.8) is 0 Å². The van der Waals surface area contributed by atoms with E-state index >= 15 is 0 Å². The topological polar surface area (TPSA) is 64.7 Å². The lowest BCUT2D eigenvalue weighted by atomic mass is 10.3. The Labute approximate surface area is 118 Å². The third-order valence-corrected chi connectivity index (χ3v) is 2.91. The molecule has 2 heterocycles. The van der Waals surface area contributed by atoms with Gasteiger partial charge in [0.15, 0.2) is 0 Å². The zero-order valence-electron chi connectivity index (χ0n) is 11.9. The van der Waals surface area contributed by atoms with Gasteiger partial charge in [-0.2, -0.15) is 0 Å². The Morgan fingerprint density at radius 3 is 1.90 bits per heavy atom. The van der Waals surface area contributed by atoms with E-state index in [1.54, 1.807) is 9.36 Å². The third-order valence-electron chi connectivity index (χ3n) is 2.91. The molecule has 0 saturated heterocycles. The number of hydrogen-bond acceptors (Lipinski definition) is 5. The normalized spacial score (nSPS) is 10.9. The fourth-order valence-corrected chi connectivity index (χ4v) is 1.89. The Morgan fingerprint density at radius 1 is 1.05 bits per heavy atom. The second kappa shape index (κ2) is 6.82.